The Morgan fingerprint density at radius 3 is 2.94 bits per heavy atom. The second kappa shape index (κ2) is 6.21. The van der Waals surface area contributed by atoms with E-state index in [4.69, 9.17) is 16.3 Å². The molecule has 0 saturated heterocycles. The third kappa shape index (κ3) is 3.76. The van der Waals surface area contributed by atoms with Crippen molar-refractivity contribution >= 4 is 11.6 Å². The average molecular weight is 240 g/mol. The van der Waals surface area contributed by atoms with Gasteiger partial charge in [-0.3, -0.25) is 4.98 Å². The summed E-state index contributed by atoms with van der Waals surface area (Å²) in [5.74, 6) is 2.54. The lowest BCUT2D eigenvalue weighted by atomic mass is 10.2. The van der Waals surface area contributed by atoms with Gasteiger partial charge >= 0.3 is 0 Å². The van der Waals surface area contributed by atoms with Crippen LogP contribution in [0.1, 0.15) is 25.0 Å². The first-order chi connectivity index (χ1) is 7.90. The highest BCUT2D eigenvalue weighted by atomic mass is 35.5. The molecule has 1 aliphatic carbocycles. The third-order valence-corrected chi connectivity index (χ3v) is 3.38. The average Bonchev–Trinajstić information content (AvgIpc) is 3.05. The minimum Gasteiger partial charge on any atom is -0.375 e. The number of pyridine rings is 1. The molecule has 2 unspecified atom stereocenters. The lowest BCUT2D eigenvalue weighted by Crippen LogP contribution is -1.98. The Labute approximate surface area is 102 Å². The number of aromatic nitrogens is 1. The Morgan fingerprint density at radius 2 is 2.19 bits per heavy atom. The molecule has 0 radical (unpaired) electrons. The molecule has 1 fully saturated rings. The van der Waals surface area contributed by atoms with Crippen LogP contribution in [0.25, 0.3) is 0 Å². The molecule has 88 valence electrons. The van der Waals surface area contributed by atoms with Crippen LogP contribution in [0.15, 0.2) is 24.4 Å². The van der Waals surface area contributed by atoms with E-state index in [-0.39, 0.29) is 0 Å². The van der Waals surface area contributed by atoms with Crippen molar-refractivity contribution in [2.75, 3.05) is 12.5 Å². The summed E-state index contributed by atoms with van der Waals surface area (Å²) in [6.07, 6.45) is 5.50. The van der Waals surface area contributed by atoms with Crippen molar-refractivity contribution in [3.05, 3.63) is 30.1 Å². The molecule has 1 aromatic heterocycles. The Hall–Kier alpha value is -0.600. The Balaban J connectivity index is 1.53. The Kier molecular flexibility index (Phi) is 4.61. The molecule has 2 atom stereocenters. The van der Waals surface area contributed by atoms with Gasteiger partial charge in [0.25, 0.3) is 0 Å². The first-order valence-electron chi connectivity index (χ1n) is 5.93. The summed E-state index contributed by atoms with van der Waals surface area (Å²) in [5.41, 5.74) is 1.01. The predicted molar refractivity (Wildman–Crippen MR) is 65.4 cm³/mol. The molecular weight excluding hydrogens is 222 g/mol. The fourth-order valence-electron chi connectivity index (χ4n) is 2.05. The summed E-state index contributed by atoms with van der Waals surface area (Å²) in [7, 11) is 0. The zero-order chi connectivity index (χ0) is 11.2. The smallest absolute Gasteiger partial charge is 0.0887 e. The van der Waals surface area contributed by atoms with Crippen LogP contribution < -0.4 is 0 Å². The zero-order valence-corrected chi connectivity index (χ0v) is 10.2. The van der Waals surface area contributed by atoms with E-state index in [9.17, 15) is 0 Å². The number of halogens is 1. The molecule has 0 bridgehead atoms. The van der Waals surface area contributed by atoms with E-state index in [1.54, 1.807) is 6.20 Å². The van der Waals surface area contributed by atoms with Gasteiger partial charge in [0.15, 0.2) is 0 Å². The van der Waals surface area contributed by atoms with Crippen molar-refractivity contribution < 1.29 is 4.74 Å². The van der Waals surface area contributed by atoms with Gasteiger partial charge in [-0.25, -0.2) is 0 Å². The van der Waals surface area contributed by atoms with E-state index >= 15 is 0 Å². The van der Waals surface area contributed by atoms with Crippen LogP contribution in [0.4, 0.5) is 0 Å². The maximum absolute atomic E-state index is 5.70. The van der Waals surface area contributed by atoms with Crippen LogP contribution in [0.5, 0.6) is 0 Å². The van der Waals surface area contributed by atoms with Crippen molar-refractivity contribution in [1.29, 1.82) is 0 Å². The normalized spacial score (nSPS) is 23.3. The lowest BCUT2D eigenvalue weighted by molar-refractivity contribution is 0.111. The standard InChI is InChI=1S/C13H18ClNO/c14-6-4-11-9-12(11)5-8-16-10-13-3-1-2-7-15-13/h1-3,7,11-12H,4-6,8-10H2. The monoisotopic (exact) mass is 239 g/mol. The minimum atomic E-state index is 0.633. The minimum absolute atomic E-state index is 0.633. The predicted octanol–water partition coefficient (Wildman–Crippen LogP) is 3.25. The maximum Gasteiger partial charge on any atom is 0.0887 e. The molecule has 1 aliphatic rings. The molecule has 1 heterocycles. The molecule has 16 heavy (non-hydrogen) atoms. The van der Waals surface area contributed by atoms with Crippen LogP contribution in [-0.4, -0.2) is 17.5 Å². The first-order valence-corrected chi connectivity index (χ1v) is 6.47. The molecule has 0 amide bonds. The summed E-state index contributed by atoms with van der Waals surface area (Å²) in [6, 6.07) is 5.90. The molecule has 0 N–H and O–H groups in total. The Morgan fingerprint density at radius 1 is 1.31 bits per heavy atom. The van der Waals surface area contributed by atoms with Crippen LogP contribution in [0, 0.1) is 11.8 Å². The van der Waals surface area contributed by atoms with E-state index in [0.29, 0.717) is 6.61 Å². The number of hydrogen-bond donors (Lipinski definition) is 0. The maximum atomic E-state index is 5.70. The highest BCUT2D eigenvalue weighted by molar-refractivity contribution is 6.17. The van der Waals surface area contributed by atoms with Gasteiger partial charge in [0.05, 0.1) is 12.3 Å². The topological polar surface area (TPSA) is 22.1 Å². The third-order valence-electron chi connectivity index (χ3n) is 3.16. The summed E-state index contributed by atoms with van der Waals surface area (Å²) in [6.45, 7) is 1.48. The molecular formula is C13H18ClNO. The summed E-state index contributed by atoms with van der Waals surface area (Å²) in [4.78, 5) is 4.21. The summed E-state index contributed by atoms with van der Waals surface area (Å²) >= 11 is 5.70. The Bertz CT molecular complexity index is 304. The number of nitrogens with zero attached hydrogens (tertiary/aromatic N) is 1. The number of rotatable bonds is 7. The molecule has 1 saturated carbocycles. The summed E-state index contributed by atoms with van der Waals surface area (Å²) < 4.78 is 5.60. The fourth-order valence-corrected chi connectivity index (χ4v) is 2.33. The van der Waals surface area contributed by atoms with Crippen LogP contribution in [0.2, 0.25) is 0 Å². The van der Waals surface area contributed by atoms with Gasteiger partial charge in [-0.1, -0.05) is 6.07 Å². The molecule has 2 rings (SSSR count). The van der Waals surface area contributed by atoms with E-state index < -0.39 is 0 Å². The molecule has 0 aliphatic heterocycles. The van der Waals surface area contributed by atoms with E-state index in [1.165, 1.54) is 19.3 Å². The van der Waals surface area contributed by atoms with E-state index in [0.717, 1.165) is 30.0 Å². The lowest BCUT2D eigenvalue weighted by Gasteiger charge is -2.03. The molecule has 0 spiro atoms. The van der Waals surface area contributed by atoms with Gasteiger partial charge in [0.1, 0.15) is 0 Å². The van der Waals surface area contributed by atoms with Gasteiger partial charge < -0.3 is 4.74 Å². The van der Waals surface area contributed by atoms with Gasteiger partial charge in [0.2, 0.25) is 0 Å². The van der Waals surface area contributed by atoms with Gasteiger partial charge in [0, 0.05) is 18.7 Å². The van der Waals surface area contributed by atoms with Crippen LogP contribution >= 0.6 is 11.6 Å². The number of alkyl halides is 1. The first kappa shape index (κ1) is 11.9. The highest BCUT2D eigenvalue weighted by Crippen LogP contribution is 2.43. The zero-order valence-electron chi connectivity index (χ0n) is 9.44. The molecule has 0 aromatic carbocycles. The van der Waals surface area contributed by atoms with Crippen molar-refractivity contribution in [3.8, 4) is 0 Å². The van der Waals surface area contributed by atoms with E-state index in [2.05, 4.69) is 4.98 Å². The molecule has 2 nitrogen and oxygen atoms in total. The van der Waals surface area contributed by atoms with Gasteiger partial charge in [-0.15, -0.1) is 11.6 Å². The van der Waals surface area contributed by atoms with Crippen molar-refractivity contribution in [2.24, 2.45) is 11.8 Å². The van der Waals surface area contributed by atoms with Crippen molar-refractivity contribution in [3.63, 3.8) is 0 Å². The van der Waals surface area contributed by atoms with Gasteiger partial charge in [-0.05, 0) is 43.2 Å². The molecule has 3 heteroatoms. The largest absolute Gasteiger partial charge is 0.375 e. The fraction of sp³-hybridized carbons (Fsp3) is 0.615. The van der Waals surface area contributed by atoms with Crippen molar-refractivity contribution in [2.45, 2.75) is 25.9 Å². The van der Waals surface area contributed by atoms with Crippen LogP contribution in [0.3, 0.4) is 0 Å². The quantitative estimate of drug-likeness (QED) is 0.538. The second-order valence-electron chi connectivity index (χ2n) is 4.40. The SMILES string of the molecule is ClCCC1CC1CCOCc1ccccn1. The van der Waals surface area contributed by atoms with E-state index in [1.807, 2.05) is 18.2 Å². The highest BCUT2D eigenvalue weighted by Gasteiger charge is 2.35. The summed E-state index contributed by atoms with van der Waals surface area (Å²) in [5, 5.41) is 0. The van der Waals surface area contributed by atoms with Gasteiger partial charge in [-0.2, -0.15) is 0 Å². The molecule has 1 aromatic rings. The number of ether oxygens (including phenoxy) is 1. The second-order valence-corrected chi connectivity index (χ2v) is 4.77. The number of hydrogen-bond acceptors (Lipinski definition) is 2. The van der Waals surface area contributed by atoms with Crippen molar-refractivity contribution in [1.82, 2.24) is 4.98 Å². The van der Waals surface area contributed by atoms with Crippen LogP contribution in [-0.2, 0) is 11.3 Å².